The molecule has 2 N–H and O–H groups in total. The summed E-state index contributed by atoms with van der Waals surface area (Å²) in [4.78, 5) is 28.8. The fourth-order valence-corrected chi connectivity index (χ4v) is 4.18. The van der Waals surface area contributed by atoms with Gasteiger partial charge in [-0.3, -0.25) is 19.4 Å². The summed E-state index contributed by atoms with van der Waals surface area (Å²) in [5.74, 6) is -1.10. The summed E-state index contributed by atoms with van der Waals surface area (Å²) in [6.45, 7) is 6.99. The van der Waals surface area contributed by atoms with Crippen LogP contribution < -0.4 is 10.6 Å². The van der Waals surface area contributed by atoms with E-state index in [4.69, 9.17) is 4.74 Å². The van der Waals surface area contributed by atoms with E-state index in [0.29, 0.717) is 13.1 Å². The number of morpholine rings is 1. The molecular formula is C18H28N4O3S. The Morgan fingerprint density at radius 1 is 1.12 bits per heavy atom. The number of thiophene rings is 1. The largest absolute Gasteiger partial charge is 0.379 e. The van der Waals surface area contributed by atoms with Gasteiger partial charge in [-0.05, 0) is 48.3 Å². The molecule has 3 rings (SSSR count). The summed E-state index contributed by atoms with van der Waals surface area (Å²) in [6, 6.07) is 2.25. The van der Waals surface area contributed by atoms with Crippen molar-refractivity contribution in [1.82, 2.24) is 20.4 Å². The highest BCUT2D eigenvalue weighted by molar-refractivity contribution is 7.07. The average molecular weight is 381 g/mol. The van der Waals surface area contributed by atoms with E-state index in [-0.39, 0.29) is 6.04 Å². The number of carbonyl (C=O) groups excluding carboxylic acids is 2. The number of nitrogens with zero attached hydrogens (tertiary/aromatic N) is 2. The van der Waals surface area contributed by atoms with Crippen LogP contribution in [-0.2, 0) is 14.3 Å². The van der Waals surface area contributed by atoms with Crippen LogP contribution >= 0.6 is 11.3 Å². The minimum absolute atomic E-state index is 0.147. The molecule has 2 aliphatic rings. The number of carbonyl (C=O) groups is 2. The van der Waals surface area contributed by atoms with Crippen molar-refractivity contribution >= 4 is 23.2 Å². The Balaban J connectivity index is 1.41. The Bertz CT molecular complexity index is 569. The number of amides is 2. The maximum atomic E-state index is 12.1. The first-order chi connectivity index (χ1) is 12.7. The molecule has 1 atom stereocenters. The predicted molar refractivity (Wildman–Crippen MR) is 101 cm³/mol. The van der Waals surface area contributed by atoms with Crippen molar-refractivity contribution in [2.75, 3.05) is 59.0 Å². The van der Waals surface area contributed by atoms with Gasteiger partial charge in [-0.15, -0.1) is 0 Å². The molecule has 2 amide bonds. The summed E-state index contributed by atoms with van der Waals surface area (Å²) >= 11 is 1.66. The SMILES string of the molecule is O=C(NCCN1CCOCC1)C(=O)NC[C@H](c1ccsc1)N1CCCC1. The summed E-state index contributed by atoms with van der Waals surface area (Å²) in [5, 5.41) is 9.70. The fourth-order valence-electron chi connectivity index (χ4n) is 3.48. The Kier molecular flexibility index (Phi) is 7.43. The van der Waals surface area contributed by atoms with E-state index in [1.54, 1.807) is 11.3 Å². The maximum absolute atomic E-state index is 12.1. The number of ether oxygens (including phenoxy) is 1. The van der Waals surface area contributed by atoms with Crippen LogP contribution in [0.15, 0.2) is 16.8 Å². The van der Waals surface area contributed by atoms with Crippen molar-refractivity contribution in [3.8, 4) is 0 Å². The third-order valence-electron chi connectivity index (χ3n) is 4.99. The highest BCUT2D eigenvalue weighted by Crippen LogP contribution is 2.26. The van der Waals surface area contributed by atoms with Gasteiger partial charge >= 0.3 is 11.8 Å². The minimum Gasteiger partial charge on any atom is -0.379 e. The molecule has 2 saturated heterocycles. The van der Waals surface area contributed by atoms with Crippen LogP contribution in [0.2, 0.25) is 0 Å². The average Bonchev–Trinajstić information content (AvgIpc) is 3.37. The molecule has 0 radical (unpaired) electrons. The molecule has 7 nitrogen and oxygen atoms in total. The van der Waals surface area contributed by atoms with Crippen molar-refractivity contribution in [3.05, 3.63) is 22.4 Å². The molecule has 1 aromatic heterocycles. The van der Waals surface area contributed by atoms with E-state index in [2.05, 4.69) is 37.3 Å². The normalized spacial score (nSPS) is 20.0. The van der Waals surface area contributed by atoms with Crippen LogP contribution in [0.5, 0.6) is 0 Å². The minimum atomic E-state index is -0.552. The van der Waals surface area contributed by atoms with Crippen molar-refractivity contribution in [2.24, 2.45) is 0 Å². The van der Waals surface area contributed by atoms with Gasteiger partial charge in [0.05, 0.1) is 19.3 Å². The van der Waals surface area contributed by atoms with E-state index in [0.717, 1.165) is 45.9 Å². The van der Waals surface area contributed by atoms with Crippen molar-refractivity contribution in [2.45, 2.75) is 18.9 Å². The quantitative estimate of drug-likeness (QED) is 0.672. The summed E-state index contributed by atoms with van der Waals surface area (Å²) in [6.07, 6.45) is 2.38. The maximum Gasteiger partial charge on any atom is 0.309 e. The lowest BCUT2D eigenvalue weighted by atomic mass is 10.1. The Labute approximate surface area is 158 Å². The van der Waals surface area contributed by atoms with Gasteiger partial charge in [-0.1, -0.05) is 0 Å². The molecule has 0 spiro atoms. The zero-order valence-corrected chi connectivity index (χ0v) is 15.9. The van der Waals surface area contributed by atoms with Gasteiger partial charge in [0.1, 0.15) is 0 Å². The lowest BCUT2D eigenvalue weighted by molar-refractivity contribution is -0.139. The van der Waals surface area contributed by atoms with Gasteiger partial charge in [-0.25, -0.2) is 0 Å². The number of hydrogen-bond donors (Lipinski definition) is 2. The van der Waals surface area contributed by atoms with Gasteiger partial charge in [-0.2, -0.15) is 11.3 Å². The Hall–Kier alpha value is -1.48. The molecule has 0 unspecified atom stereocenters. The zero-order valence-electron chi connectivity index (χ0n) is 15.1. The number of rotatable bonds is 7. The number of hydrogen-bond acceptors (Lipinski definition) is 6. The monoisotopic (exact) mass is 380 g/mol. The molecule has 0 aliphatic carbocycles. The second kappa shape index (κ2) is 10.0. The summed E-state index contributed by atoms with van der Waals surface area (Å²) in [5.41, 5.74) is 1.21. The fraction of sp³-hybridized carbons (Fsp3) is 0.667. The molecule has 0 bridgehead atoms. The van der Waals surface area contributed by atoms with Gasteiger partial charge < -0.3 is 15.4 Å². The van der Waals surface area contributed by atoms with E-state index >= 15 is 0 Å². The molecule has 144 valence electrons. The topological polar surface area (TPSA) is 73.9 Å². The van der Waals surface area contributed by atoms with Gasteiger partial charge in [0, 0.05) is 32.7 Å². The standard InChI is InChI=1S/C18H28N4O3S/c23-17(19-4-7-21-8-10-25-11-9-21)18(24)20-13-16(15-3-12-26-14-15)22-5-1-2-6-22/h3,12,14,16H,1-2,4-11,13H2,(H,19,23)(H,20,24)/t16-/m1/s1. The van der Waals surface area contributed by atoms with Crippen molar-refractivity contribution < 1.29 is 14.3 Å². The zero-order chi connectivity index (χ0) is 18.2. The van der Waals surface area contributed by atoms with Crippen LogP contribution in [0.1, 0.15) is 24.4 Å². The molecule has 2 aliphatic heterocycles. The van der Waals surface area contributed by atoms with E-state index in [1.807, 2.05) is 0 Å². The molecule has 2 fully saturated rings. The van der Waals surface area contributed by atoms with Crippen LogP contribution in [0.25, 0.3) is 0 Å². The number of likely N-dealkylation sites (tertiary alicyclic amines) is 1. The second-order valence-corrected chi connectivity index (χ2v) is 7.52. The van der Waals surface area contributed by atoms with Crippen LogP contribution in [0.4, 0.5) is 0 Å². The van der Waals surface area contributed by atoms with Crippen LogP contribution in [0.3, 0.4) is 0 Å². The first kappa shape index (κ1) is 19.3. The smallest absolute Gasteiger partial charge is 0.309 e. The second-order valence-electron chi connectivity index (χ2n) is 6.74. The van der Waals surface area contributed by atoms with Crippen molar-refractivity contribution in [3.63, 3.8) is 0 Å². The Morgan fingerprint density at radius 3 is 2.54 bits per heavy atom. The summed E-state index contributed by atoms with van der Waals surface area (Å²) < 4.78 is 5.30. The van der Waals surface area contributed by atoms with Gasteiger partial charge in [0.25, 0.3) is 0 Å². The van der Waals surface area contributed by atoms with E-state index in [1.165, 1.54) is 18.4 Å². The van der Waals surface area contributed by atoms with Crippen LogP contribution in [0, 0.1) is 0 Å². The molecule has 1 aromatic rings. The molecule has 26 heavy (non-hydrogen) atoms. The molecule has 0 aromatic carbocycles. The summed E-state index contributed by atoms with van der Waals surface area (Å²) in [7, 11) is 0. The highest BCUT2D eigenvalue weighted by Gasteiger charge is 2.25. The van der Waals surface area contributed by atoms with Gasteiger partial charge in [0.15, 0.2) is 0 Å². The third kappa shape index (κ3) is 5.51. The van der Waals surface area contributed by atoms with Crippen molar-refractivity contribution in [1.29, 1.82) is 0 Å². The molecule has 3 heterocycles. The first-order valence-corrected chi connectivity index (χ1v) is 10.3. The third-order valence-corrected chi connectivity index (χ3v) is 5.69. The molecule has 0 saturated carbocycles. The molecule has 8 heteroatoms. The van der Waals surface area contributed by atoms with E-state index in [9.17, 15) is 9.59 Å². The first-order valence-electron chi connectivity index (χ1n) is 9.36. The highest BCUT2D eigenvalue weighted by atomic mass is 32.1. The van der Waals surface area contributed by atoms with Gasteiger partial charge in [0.2, 0.25) is 0 Å². The lowest BCUT2D eigenvalue weighted by Crippen LogP contribution is -2.46. The van der Waals surface area contributed by atoms with E-state index < -0.39 is 11.8 Å². The van der Waals surface area contributed by atoms with Crippen LogP contribution in [-0.4, -0.2) is 80.6 Å². The predicted octanol–water partition coefficient (Wildman–Crippen LogP) is 0.450. The lowest BCUT2D eigenvalue weighted by Gasteiger charge is -2.27. The Morgan fingerprint density at radius 2 is 1.85 bits per heavy atom. The number of nitrogens with one attached hydrogen (secondary N) is 2. The molecular weight excluding hydrogens is 352 g/mol.